The summed E-state index contributed by atoms with van der Waals surface area (Å²) < 4.78 is 18.4. The lowest BCUT2D eigenvalue weighted by Gasteiger charge is -2.69. The number of carbonyl (C=O) groups excluding carboxylic acids is 4. The van der Waals surface area contributed by atoms with Gasteiger partial charge in [0.1, 0.15) is 23.6 Å². The molecule has 2 unspecified atom stereocenters. The number of hydrogen-bond donors (Lipinski definition) is 2. The van der Waals surface area contributed by atoms with Crippen LogP contribution in [0.5, 0.6) is 0 Å². The maximum absolute atomic E-state index is 14.0. The molecule has 312 valence electrons. The zero-order valence-electron chi connectivity index (χ0n) is 35.9. The Morgan fingerprint density at radius 2 is 1.53 bits per heavy atom. The van der Waals surface area contributed by atoms with E-state index in [-0.39, 0.29) is 40.4 Å². The summed E-state index contributed by atoms with van der Waals surface area (Å²) in [6.45, 7) is 19.3. The molecular weight excluding hydrogens is 737 g/mol. The molecule has 3 heterocycles. The second kappa shape index (κ2) is 14.4. The van der Waals surface area contributed by atoms with Crippen molar-refractivity contribution in [1.29, 1.82) is 0 Å². The Morgan fingerprint density at radius 1 is 0.845 bits per heavy atom. The predicted molar refractivity (Wildman–Crippen MR) is 219 cm³/mol. The van der Waals surface area contributed by atoms with Gasteiger partial charge in [-0.3, -0.25) is 9.48 Å². The quantitative estimate of drug-likeness (QED) is 0.166. The Labute approximate surface area is 342 Å². The lowest BCUT2D eigenvalue weighted by Crippen LogP contribution is -2.69. The van der Waals surface area contributed by atoms with Crippen molar-refractivity contribution in [3.63, 3.8) is 0 Å². The fraction of sp³-hybridized carbons (Fsp3) is 0.600. The number of esters is 2. The van der Waals surface area contributed by atoms with Crippen LogP contribution in [0.25, 0.3) is 11.1 Å². The molecule has 58 heavy (non-hydrogen) atoms. The van der Waals surface area contributed by atoms with E-state index in [1.54, 1.807) is 26.8 Å². The molecule has 4 bridgehead atoms. The minimum absolute atomic E-state index is 0.0372. The fourth-order valence-corrected chi connectivity index (χ4v) is 11.6. The molecule has 1 aliphatic heterocycles. The third-order valence-electron chi connectivity index (χ3n) is 12.3. The summed E-state index contributed by atoms with van der Waals surface area (Å²) in [5.74, 6) is -0.502. The fourth-order valence-electron chi connectivity index (χ4n) is 11.6. The average Bonchev–Trinajstić information content (AvgIpc) is 3.44. The van der Waals surface area contributed by atoms with E-state index in [0.29, 0.717) is 43.0 Å². The highest BCUT2D eigenvalue weighted by Gasteiger charge is 2.66. The molecule has 4 saturated carbocycles. The van der Waals surface area contributed by atoms with Crippen LogP contribution in [0.2, 0.25) is 0 Å². The van der Waals surface area contributed by atoms with E-state index in [9.17, 15) is 19.2 Å². The Hall–Kier alpha value is -4.94. The summed E-state index contributed by atoms with van der Waals surface area (Å²) in [5, 5.41) is 11.0. The number of amides is 2. The molecule has 4 aliphatic carbocycles. The molecule has 5 aliphatic rings. The number of nitrogens with zero attached hydrogens (tertiary/aromatic N) is 4. The monoisotopic (exact) mass is 796 g/mol. The van der Waals surface area contributed by atoms with E-state index in [4.69, 9.17) is 24.3 Å². The number of anilines is 1. The number of rotatable bonds is 9. The van der Waals surface area contributed by atoms with Gasteiger partial charge in [-0.25, -0.2) is 19.4 Å². The molecule has 0 saturated heterocycles. The van der Waals surface area contributed by atoms with Crippen LogP contribution in [0.1, 0.15) is 132 Å². The number of ether oxygens (including phenoxy) is 3. The minimum Gasteiger partial charge on any atom is -0.465 e. The van der Waals surface area contributed by atoms with Crippen LogP contribution in [0.15, 0.2) is 36.5 Å². The smallest absolute Gasteiger partial charge is 0.408 e. The number of nitrogens with one attached hydrogen (secondary N) is 2. The molecule has 13 nitrogen and oxygen atoms in total. The summed E-state index contributed by atoms with van der Waals surface area (Å²) in [6.07, 6.45) is 7.67. The summed E-state index contributed by atoms with van der Waals surface area (Å²) in [7, 11) is 1.39. The van der Waals surface area contributed by atoms with Gasteiger partial charge >= 0.3 is 18.0 Å². The molecule has 1 aromatic carbocycles. The van der Waals surface area contributed by atoms with Crippen molar-refractivity contribution in [2.24, 2.45) is 16.2 Å². The van der Waals surface area contributed by atoms with Crippen LogP contribution >= 0.6 is 0 Å². The van der Waals surface area contributed by atoms with Crippen LogP contribution in [-0.4, -0.2) is 75.6 Å². The molecular formula is C45H60N6O7. The maximum atomic E-state index is 14.0. The summed E-state index contributed by atoms with van der Waals surface area (Å²) in [5.41, 5.74) is 3.24. The highest BCUT2D eigenvalue weighted by Crippen LogP contribution is 2.71. The van der Waals surface area contributed by atoms with E-state index >= 15 is 0 Å². The molecule has 4 fully saturated rings. The van der Waals surface area contributed by atoms with E-state index in [1.807, 2.05) is 58.2 Å². The van der Waals surface area contributed by atoms with Crippen LogP contribution in [0.3, 0.4) is 0 Å². The van der Waals surface area contributed by atoms with Gasteiger partial charge < -0.3 is 29.7 Å². The number of pyridine rings is 1. The number of methoxy groups -OCH3 is 1. The first-order valence-corrected chi connectivity index (χ1v) is 20.5. The number of alkyl carbamates (subject to hydrolysis) is 1. The number of aromatic nitrogens is 3. The lowest BCUT2D eigenvalue weighted by molar-refractivity contribution is -0.174. The zero-order valence-corrected chi connectivity index (χ0v) is 35.9. The standard InChI is InChI=1S/C45H60N6O7/c1-28-32(30-14-15-34(48-36(30)38(54)57-40(2,3)4)50-17-16-29-12-11-13-31(33(29)20-50)37(53)56-10)18-47-51(28)27-44-22-42(8)21-43(9,23-44)25-45(24-42,26-44)49-35(52)19-46-39(55)58-41(5,6)7/h11-15,18H,16-17,19-27H2,1-10H3,(H,46,55)(H,49,52). The Balaban J connectivity index is 1.16. The van der Waals surface area contributed by atoms with Crippen molar-refractivity contribution in [3.05, 3.63) is 64.6 Å². The van der Waals surface area contributed by atoms with Gasteiger partial charge in [-0.15, -0.1) is 0 Å². The second-order valence-corrected chi connectivity index (χ2v) is 20.3. The summed E-state index contributed by atoms with van der Waals surface area (Å²) in [4.78, 5) is 59.5. The van der Waals surface area contributed by atoms with Crippen molar-refractivity contribution in [2.45, 2.75) is 137 Å². The SMILES string of the molecule is COC(=O)c1cccc2c1CN(c1ccc(-c3cnn(CC45CC6(C)CC(C)(C4)CC(NC(=O)CNC(=O)OC(C)(C)C)(C6)C5)c3C)c(C(=O)OC(C)(C)C)n1)CC2. The highest BCUT2D eigenvalue weighted by atomic mass is 16.6. The van der Waals surface area contributed by atoms with Gasteiger partial charge in [0.25, 0.3) is 0 Å². The maximum Gasteiger partial charge on any atom is 0.408 e. The van der Waals surface area contributed by atoms with Crippen molar-refractivity contribution in [2.75, 3.05) is 25.1 Å². The van der Waals surface area contributed by atoms with E-state index < -0.39 is 28.8 Å². The van der Waals surface area contributed by atoms with Gasteiger partial charge in [0.2, 0.25) is 5.91 Å². The summed E-state index contributed by atoms with van der Waals surface area (Å²) >= 11 is 0. The van der Waals surface area contributed by atoms with Gasteiger partial charge in [0.15, 0.2) is 5.69 Å². The highest BCUT2D eigenvalue weighted by molar-refractivity contribution is 5.96. The van der Waals surface area contributed by atoms with E-state index in [2.05, 4.69) is 34.1 Å². The number of carbonyl (C=O) groups is 4. The molecule has 2 amide bonds. The molecule has 2 N–H and O–H groups in total. The topological polar surface area (TPSA) is 154 Å². The number of hydrogen-bond acceptors (Lipinski definition) is 10. The molecule has 13 heteroatoms. The van der Waals surface area contributed by atoms with E-state index in [1.165, 1.54) is 7.11 Å². The lowest BCUT2D eigenvalue weighted by atomic mass is 9.38. The van der Waals surface area contributed by atoms with Gasteiger partial charge in [-0.05, 0) is 139 Å². The van der Waals surface area contributed by atoms with Crippen LogP contribution < -0.4 is 15.5 Å². The molecule has 0 radical (unpaired) electrons. The van der Waals surface area contributed by atoms with Crippen molar-refractivity contribution >= 4 is 29.8 Å². The average molecular weight is 797 g/mol. The first-order chi connectivity index (χ1) is 27.0. The Bertz CT molecular complexity index is 2130. The zero-order chi connectivity index (χ0) is 42.1. The third kappa shape index (κ3) is 8.45. The molecule has 2 aromatic heterocycles. The van der Waals surface area contributed by atoms with Gasteiger partial charge in [0.05, 0.1) is 18.9 Å². The van der Waals surface area contributed by atoms with Crippen LogP contribution in [0, 0.1) is 23.2 Å². The largest absolute Gasteiger partial charge is 0.465 e. The molecule has 8 rings (SSSR count). The first kappa shape index (κ1) is 41.2. The number of fused-ring (bicyclic) bond motifs is 1. The van der Waals surface area contributed by atoms with Crippen molar-refractivity contribution in [3.8, 4) is 11.1 Å². The van der Waals surface area contributed by atoms with Gasteiger partial charge in [-0.2, -0.15) is 5.10 Å². The Kier molecular flexibility index (Phi) is 10.2. The van der Waals surface area contributed by atoms with Crippen LogP contribution in [-0.2, 0) is 38.5 Å². The Morgan fingerprint density at radius 3 is 2.19 bits per heavy atom. The molecule has 0 spiro atoms. The minimum atomic E-state index is -0.743. The first-order valence-electron chi connectivity index (χ1n) is 20.5. The molecule has 3 aromatic rings. The van der Waals surface area contributed by atoms with E-state index in [0.717, 1.165) is 60.9 Å². The normalized spacial score (nSPS) is 26.1. The number of benzene rings is 1. The van der Waals surface area contributed by atoms with Gasteiger partial charge in [0, 0.05) is 42.0 Å². The van der Waals surface area contributed by atoms with Gasteiger partial charge in [-0.1, -0.05) is 26.0 Å². The van der Waals surface area contributed by atoms with Crippen molar-refractivity contribution < 1.29 is 33.4 Å². The molecule has 2 atom stereocenters. The third-order valence-corrected chi connectivity index (χ3v) is 12.3. The van der Waals surface area contributed by atoms with Crippen LogP contribution in [0.4, 0.5) is 10.6 Å². The summed E-state index contributed by atoms with van der Waals surface area (Å²) in [6, 6.07) is 9.56. The second-order valence-electron chi connectivity index (χ2n) is 20.3. The van der Waals surface area contributed by atoms with Crippen molar-refractivity contribution in [1.82, 2.24) is 25.4 Å². The predicted octanol–water partition coefficient (Wildman–Crippen LogP) is 7.32.